The van der Waals surface area contributed by atoms with Crippen LogP contribution in [0, 0.1) is 5.92 Å². The molecular weight excluding hydrogens is 502 g/mol. The summed E-state index contributed by atoms with van der Waals surface area (Å²) < 4.78 is 28.8. The van der Waals surface area contributed by atoms with Gasteiger partial charge in [0, 0.05) is 48.1 Å². The van der Waals surface area contributed by atoms with Gasteiger partial charge >= 0.3 is 0 Å². The molecule has 198 valence electrons. The number of benzene rings is 3. The molecule has 0 radical (unpaired) electrons. The molecular formula is C29H31N3O5S. The van der Waals surface area contributed by atoms with Crippen LogP contribution in [0.5, 0.6) is 5.75 Å². The molecule has 2 N–H and O–H groups in total. The molecule has 0 aromatic heterocycles. The van der Waals surface area contributed by atoms with Crippen molar-refractivity contribution in [2.45, 2.75) is 19.4 Å². The molecule has 3 aromatic rings. The number of hydrogen-bond acceptors (Lipinski definition) is 6. The van der Waals surface area contributed by atoms with Crippen LogP contribution < -0.4 is 15.4 Å². The Labute approximate surface area is 222 Å². The van der Waals surface area contributed by atoms with Crippen molar-refractivity contribution in [3.63, 3.8) is 0 Å². The van der Waals surface area contributed by atoms with Crippen LogP contribution in [0.15, 0.2) is 66.7 Å². The van der Waals surface area contributed by atoms with Gasteiger partial charge in [-0.25, -0.2) is 8.42 Å². The number of methoxy groups -OCH3 is 1. The fourth-order valence-electron chi connectivity index (χ4n) is 4.47. The average molecular weight is 534 g/mol. The fourth-order valence-corrected chi connectivity index (χ4v) is 5.74. The Morgan fingerprint density at radius 2 is 1.55 bits per heavy atom. The monoisotopic (exact) mass is 533 g/mol. The Hall–Kier alpha value is -3.69. The lowest BCUT2D eigenvalue weighted by atomic mass is 10.0. The minimum Gasteiger partial charge on any atom is -0.496 e. The number of sulfone groups is 1. The largest absolute Gasteiger partial charge is 0.496 e. The highest BCUT2D eigenvalue weighted by Gasteiger charge is 2.29. The number of nitrogens with zero attached hydrogens (tertiary/aromatic N) is 1. The predicted molar refractivity (Wildman–Crippen MR) is 148 cm³/mol. The first kappa shape index (κ1) is 25.9. The highest BCUT2D eigenvalue weighted by atomic mass is 32.2. The van der Waals surface area contributed by atoms with Gasteiger partial charge in [-0.15, -0.1) is 0 Å². The van der Waals surface area contributed by atoms with Crippen molar-refractivity contribution < 1.29 is 22.7 Å². The summed E-state index contributed by atoms with van der Waals surface area (Å²) in [6.45, 7) is 1.77. The Kier molecular flexibility index (Phi) is 7.49. The van der Waals surface area contributed by atoms with Crippen LogP contribution in [0.4, 0.5) is 11.4 Å². The summed E-state index contributed by atoms with van der Waals surface area (Å²) in [5.74, 6) is 1.03. The lowest BCUT2D eigenvalue weighted by Gasteiger charge is -2.26. The number of carbonyl (C=O) groups is 2. The average Bonchev–Trinajstić information content (AvgIpc) is 3.77. The SMILES string of the molecule is COc1ccc(NC(=O)C2CC2)cc1-c1ccc(C(=O)Nc2ccc(CN3CCS(=O)(=O)CC3)cc2)cc1. The molecule has 3 aromatic carbocycles. The van der Waals surface area contributed by atoms with Crippen molar-refractivity contribution in [1.29, 1.82) is 0 Å². The lowest BCUT2D eigenvalue weighted by Crippen LogP contribution is -2.39. The van der Waals surface area contributed by atoms with E-state index in [1.54, 1.807) is 19.2 Å². The first-order valence-corrected chi connectivity index (χ1v) is 14.5. The Morgan fingerprint density at radius 1 is 0.895 bits per heavy atom. The zero-order valence-electron chi connectivity index (χ0n) is 21.3. The van der Waals surface area contributed by atoms with Gasteiger partial charge in [0.25, 0.3) is 5.91 Å². The maximum atomic E-state index is 12.8. The van der Waals surface area contributed by atoms with Crippen LogP contribution in [-0.4, -0.2) is 56.8 Å². The highest BCUT2D eigenvalue weighted by molar-refractivity contribution is 7.91. The van der Waals surface area contributed by atoms with E-state index < -0.39 is 9.84 Å². The van der Waals surface area contributed by atoms with Gasteiger partial charge in [0.2, 0.25) is 5.91 Å². The molecule has 8 nitrogen and oxygen atoms in total. The van der Waals surface area contributed by atoms with E-state index in [-0.39, 0.29) is 29.2 Å². The molecule has 1 heterocycles. The smallest absolute Gasteiger partial charge is 0.255 e. The van der Waals surface area contributed by atoms with E-state index in [0.29, 0.717) is 42.3 Å². The van der Waals surface area contributed by atoms with Gasteiger partial charge in [0.05, 0.1) is 18.6 Å². The minimum atomic E-state index is -2.89. The first-order chi connectivity index (χ1) is 18.3. The van der Waals surface area contributed by atoms with Crippen molar-refractivity contribution in [1.82, 2.24) is 4.90 Å². The Morgan fingerprint density at radius 3 is 2.18 bits per heavy atom. The topological polar surface area (TPSA) is 105 Å². The van der Waals surface area contributed by atoms with E-state index in [1.807, 2.05) is 54.6 Å². The van der Waals surface area contributed by atoms with Gasteiger partial charge in [0.15, 0.2) is 9.84 Å². The molecule has 1 saturated heterocycles. The van der Waals surface area contributed by atoms with E-state index in [2.05, 4.69) is 15.5 Å². The number of amides is 2. The van der Waals surface area contributed by atoms with Gasteiger partial charge in [-0.05, 0) is 66.4 Å². The number of anilines is 2. The summed E-state index contributed by atoms with van der Waals surface area (Å²) in [6.07, 6.45) is 1.88. The van der Waals surface area contributed by atoms with Crippen LogP contribution in [0.2, 0.25) is 0 Å². The molecule has 2 amide bonds. The van der Waals surface area contributed by atoms with E-state index in [9.17, 15) is 18.0 Å². The third kappa shape index (κ3) is 6.41. The highest BCUT2D eigenvalue weighted by Crippen LogP contribution is 2.34. The van der Waals surface area contributed by atoms with Gasteiger partial charge in [-0.3, -0.25) is 14.5 Å². The molecule has 0 bridgehead atoms. The van der Waals surface area contributed by atoms with E-state index in [1.165, 1.54) is 0 Å². The van der Waals surface area contributed by atoms with Gasteiger partial charge < -0.3 is 15.4 Å². The molecule has 2 aliphatic rings. The maximum absolute atomic E-state index is 12.8. The molecule has 5 rings (SSSR count). The normalized spacial score (nSPS) is 17.0. The summed E-state index contributed by atoms with van der Waals surface area (Å²) in [6, 6.07) is 20.4. The van der Waals surface area contributed by atoms with Crippen molar-refractivity contribution in [3.8, 4) is 16.9 Å². The summed E-state index contributed by atoms with van der Waals surface area (Å²) in [5.41, 5.74) is 4.68. The fraction of sp³-hybridized carbons (Fsp3) is 0.310. The van der Waals surface area contributed by atoms with Gasteiger partial charge in [-0.1, -0.05) is 24.3 Å². The maximum Gasteiger partial charge on any atom is 0.255 e. The zero-order valence-corrected chi connectivity index (χ0v) is 22.1. The number of ether oxygens (including phenoxy) is 1. The number of rotatable bonds is 8. The molecule has 0 unspecified atom stereocenters. The van der Waals surface area contributed by atoms with Gasteiger partial charge in [0.1, 0.15) is 5.75 Å². The van der Waals surface area contributed by atoms with Crippen LogP contribution in [0.3, 0.4) is 0 Å². The molecule has 1 aliphatic carbocycles. The van der Waals surface area contributed by atoms with Crippen LogP contribution in [0.1, 0.15) is 28.8 Å². The molecule has 38 heavy (non-hydrogen) atoms. The van der Waals surface area contributed by atoms with Crippen LogP contribution in [0.25, 0.3) is 11.1 Å². The second kappa shape index (κ2) is 11.0. The Bertz CT molecular complexity index is 1420. The summed E-state index contributed by atoms with van der Waals surface area (Å²) in [5, 5.41) is 5.89. The quantitative estimate of drug-likeness (QED) is 0.450. The van der Waals surface area contributed by atoms with E-state index in [4.69, 9.17) is 4.74 Å². The van der Waals surface area contributed by atoms with E-state index in [0.717, 1.165) is 29.5 Å². The second-order valence-corrected chi connectivity index (χ2v) is 12.1. The molecule has 1 saturated carbocycles. The lowest BCUT2D eigenvalue weighted by molar-refractivity contribution is -0.117. The number of nitrogens with one attached hydrogen (secondary N) is 2. The predicted octanol–water partition coefficient (Wildman–Crippen LogP) is 4.19. The molecule has 1 aliphatic heterocycles. The summed E-state index contributed by atoms with van der Waals surface area (Å²) in [4.78, 5) is 27.1. The molecule has 0 spiro atoms. The number of carbonyl (C=O) groups excluding carboxylic acids is 2. The first-order valence-electron chi connectivity index (χ1n) is 12.7. The number of hydrogen-bond donors (Lipinski definition) is 2. The molecule has 0 atom stereocenters. The minimum absolute atomic E-state index is 0.0446. The zero-order chi connectivity index (χ0) is 26.7. The standard InChI is InChI=1S/C29H31N3O5S/c1-37-27-13-12-25(31-29(34)23-8-9-23)18-26(27)21-4-6-22(7-5-21)28(33)30-24-10-2-20(3-11-24)19-32-14-16-38(35,36)17-15-32/h2-7,10-13,18,23H,8-9,14-17,19H2,1H3,(H,30,33)(H,31,34). The van der Waals surface area contributed by atoms with Crippen molar-refractivity contribution in [2.24, 2.45) is 5.92 Å². The summed E-state index contributed by atoms with van der Waals surface area (Å²) >= 11 is 0. The van der Waals surface area contributed by atoms with Crippen LogP contribution >= 0.6 is 0 Å². The third-order valence-electron chi connectivity index (χ3n) is 6.93. The van der Waals surface area contributed by atoms with E-state index >= 15 is 0 Å². The molecule has 2 fully saturated rings. The van der Waals surface area contributed by atoms with Crippen molar-refractivity contribution in [2.75, 3.05) is 42.3 Å². The summed E-state index contributed by atoms with van der Waals surface area (Å²) in [7, 11) is -1.29. The van der Waals surface area contributed by atoms with Gasteiger partial charge in [-0.2, -0.15) is 0 Å². The van der Waals surface area contributed by atoms with Crippen molar-refractivity contribution >= 4 is 33.0 Å². The van der Waals surface area contributed by atoms with Crippen LogP contribution in [-0.2, 0) is 21.2 Å². The second-order valence-electron chi connectivity index (χ2n) is 9.83. The Balaban J connectivity index is 1.21. The van der Waals surface area contributed by atoms with Crippen molar-refractivity contribution in [3.05, 3.63) is 77.9 Å². The third-order valence-corrected chi connectivity index (χ3v) is 8.54. The molecule has 9 heteroatoms.